The summed E-state index contributed by atoms with van der Waals surface area (Å²) >= 11 is 6.13. The molecule has 2 rings (SSSR count). The highest BCUT2D eigenvalue weighted by Gasteiger charge is 2.27. The minimum Gasteiger partial charge on any atom is -0.396 e. The van der Waals surface area contributed by atoms with Crippen molar-refractivity contribution in [3.8, 4) is 0 Å². The third-order valence-corrected chi connectivity index (χ3v) is 4.51. The summed E-state index contributed by atoms with van der Waals surface area (Å²) in [5.41, 5.74) is 0.961. The summed E-state index contributed by atoms with van der Waals surface area (Å²) in [5, 5.41) is 9.80. The molecule has 1 aliphatic heterocycles. The van der Waals surface area contributed by atoms with Crippen molar-refractivity contribution in [1.82, 2.24) is 9.80 Å². The van der Waals surface area contributed by atoms with Crippen molar-refractivity contribution in [2.45, 2.75) is 32.9 Å². The lowest BCUT2D eigenvalue weighted by atomic mass is 10.1. The van der Waals surface area contributed by atoms with Gasteiger partial charge in [-0.25, -0.2) is 4.39 Å². The highest BCUT2D eigenvalue weighted by atomic mass is 35.5. The van der Waals surface area contributed by atoms with Crippen LogP contribution in [0.5, 0.6) is 0 Å². The molecule has 3 nitrogen and oxygen atoms in total. The van der Waals surface area contributed by atoms with Gasteiger partial charge in [0.15, 0.2) is 0 Å². The zero-order valence-corrected chi connectivity index (χ0v) is 14.2. The second-order valence-corrected chi connectivity index (χ2v) is 6.93. The third kappa shape index (κ3) is 4.92. The number of rotatable bonds is 6. The van der Waals surface area contributed by atoms with Crippen molar-refractivity contribution in [3.63, 3.8) is 0 Å². The fourth-order valence-corrected chi connectivity index (χ4v) is 3.35. The van der Waals surface area contributed by atoms with E-state index in [2.05, 4.69) is 23.6 Å². The highest BCUT2D eigenvalue weighted by molar-refractivity contribution is 6.31. The summed E-state index contributed by atoms with van der Waals surface area (Å²) in [6.45, 7) is 9.35. The van der Waals surface area contributed by atoms with Crippen LogP contribution in [0, 0.1) is 11.7 Å². The zero-order chi connectivity index (χ0) is 16.1. The summed E-state index contributed by atoms with van der Waals surface area (Å²) in [5.74, 6) is 0.327. The minimum absolute atomic E-state index is 0.213. The smallest absolute Gasteiger partial charge is 0.124 e. The molecule has 0 aromatic heterocycles. The van der Waals surface area contributed by atoms with Crippen molar-refractivity contribution in [3.05, 3.63) is 34.6 Å². The Kier molecular flexibility index (Phi) is 6.63. The summed E-state index contributed by atoms with van der Waals surface area (Å²) < 4.78 is 13.1. The van der Waals surface area contributed by atoms with E-state index in [4.69, 9.17) is 11.6 Å². The van der Waals surface area contributed by atoms with Gasteiger partial charge in [0.2, 0.25) is 0 Å². The fraction of sp³-hybridized carbons (Fsp3) is 0.647. The van der Waals surface area contributed by atoms with Gasteiger partial charge in [0.25, 0.3) is 0 Å². The van der Waals surface area contributed by atoms with Gasteiger partial charge < -0.3 is 5.11 Å². The molecule has 1 saturated heterocycles. The Bertz CT molecular complexity index is 484. The summed E-state index contributed by atoms with van der Waals surface area (Å²) in [6.07, 6.45) is 0.792. The molecule has 1 aromatic rings. The number of piperazine rings is 1. The van der Waals surface area contributed by atoms with E-state index in [1.165, 1.54) is 12.1 Å². The number of benzene rings is 1. The Hall–Kier alpha value is -0.680. The minimum atomic E-state index is -0.298. The van der Waals surface area contributed by atoms with E-state index in [1.54, 1.807) is 6.07 Å². The molecule has 22 heavy (non-hydrogen) atoms. The number of aliphatic hydroxyl groups excluding tert-OH is 1. The van der Waals surface area contributed by atoms with Crippen LogP contribution in [0.1, 0.15) is 25.8 Å². The molecule has 1 heterocycles. The fourth-order valence-electron chi connectivity index (χ4n) is 3.12. The quantitative estimate of drug-likeness (QED) is 0.869. The topological polar surface area (TPSA) is 26.7 Å². The van der Waals surface area contributed by atoms with E-state index in [1.807, 2.05) is 0 Å². The molecule has 1 aliphatic rings. The van der Waals surface area contributed by atoms with Gasteiger partial charge in [-0.15, -0.1) is 0 Å². The molecule has 0 amide bonds. The number of aliphatic hydroxyl groups is 1. The maximum absolute atomic E-state index is 13.1. The molecule has 0 unspecified atom stereocenters. The van der Waals surface area contributed by atoms with Crippen LogP contribution < -0.4 is 0 Å². The lowest BCUT2D eigenvalue weighted by molar-refractivity contribution is 0.0477. The Morgan fingerprint density at radius 3 is 2.77 bits per heavy atom. The number of hydrogen-bond donors (Lipinski definition) is 1. The largest absolute Gasteiger partial charge is 0.396 e. The Morgan fingerprint density at radius 1 is 1.36 bits per heavy atom. The molecular weight excluding hydrogens is 303 g/mol. The molecule has 1 aromatic carbocycles. The summed E-state index contributed by atoms with van der Waals surface area (Å²) in [4.78, 5) is 4.82. The molecule has 0 radical (unpaired) electrons. The van der Waals surface area contributed by atoms with Gasteiger partial charge in [0, 0.05) is 50.4 Å². The van der Waals surface area contributed by atoms with Crippen LogP contribution in [-0.2, 0) is 6.54 Å². The van der Waals surface area contributed by atoms with Gasteiger partial charge in [0.1, 0.15) is 5.82 Å². The van der Waals surface area contributed by atoms with Crippen molar-refractivity contribution in [2.75, 3.05) is 32.8 Å². The zero-order valence-electron chi connectivity index (χ0n) is 13.4. The molecular formula is C17H26ClFN2O. The molecule has 5 heteroatoms. The van der Waals surface area contributed by atoms with Gasteiger partial charge in [-0.1, -0.05) is 31.5 Å². The van der Waals surface area contributed by atoms with Crippen LogP contribution in [0.25, 0.3) is 0 Å². The highest BCUT2D eigenvalue weighted by Crippen LogP contribution is 2.22. The third-order valence-electron chi connectivity index (χ3n) is 4.16. The van der Waals surface area contributed by atoms with Crippen LogP contribution >= 0.6 is 11.6 Å². The van der Waals surface area contributed by atoms with Crippen LogP contribution in [0.4, 0.5) is 4.39 Å². The van der Waals surface area contributed by atoms with E-state index in [9.17, 15) is 9.50 Å². The first-order valence-electron chi connectivity index (χ1n) is 8.00. The molecule has 0 spiro atoms. The molecule has 1 fully saturated rings. The Labute approximate surface area is 137 Å². The van der Waals surface area contributed by atoms with Crippen molar-refractivity contribution < 1.29 is 9.50 Å². The van der Waals surface area contributed by atoms with Crippen LogP contribution in [0.3, 0.4) is 0 Å². The maximum atomic E-state index is 13.1. The van der Waals surface area contributed by atoms with Crippen LogP contribution in [0.2, 0.25) is 5.02 Å². The average Bonchev–Trinajstić information content (AvgIpc) is 2.44. The predicted octanol–water partition coefficient (Wildman–Crippen LogP) is 3.00. The molecule has 124 valence electrons. The molecule has 0 aliphatic carbocycles. The monoisotopic (exact) mass is 328 g/mol. The molecule has 1 atom stereocenters. The first-order chi connectivity index (χ1) is 10.5. The standard InChI is InChI=1S/C17H26ClFN2O/c1-13(2)10-21-7-6-20(12-16(21)5-8-22)11-14-3-4-15(19)9-17(14)18/h3-4,9,13,16,22H,5-8,10-12H2,1-2H3/t16-/m1/s1. The van der Waals surface area contributed by atoms with Crippen LogP contribution in [0.15, 0.2) is 18.2 Å². The van der Waals surface area contributed by atoms with Gasteiger partial charge in [0.05, 0.1) is 0 Å². The molecule has 0 bridgehead atoms. The van der Waals surface area contributed by atoms with Gasteiger partial charge in [-0.3, -0.25) is 9.80 Å². The Morgan fingerprint density at radius 2 is 2.14 bits per heavy atom. The van der Waals surface area contributed by atoms with Crippen molar-refractivity contribution in [1.29, 1.82) is 0 Å². The maximum Gasteiger partial charge on any atom is 0.124 e. The average molecular weight is 329 g/mol. The predicted molar refractivity (Wildman–Crippen MR) is 88.6 cm³/mol. The lowest BCUT2D eigenvalue weighted by Crippen LogP contribution is -2.53. The molecule has 1 N–H and O–H groups in total. The second kappa shape index (κ2) is 8.25. The van der Waals surface area contributed by atoms with Gasteiger partial charge in [-0.2, -0.15) is 0 Å². The number of hydrogen-bond acceptors (Lipinski definition) is 3. The summed E-state index contributed by atoms with van der Waals surface area (Å²) in [7, 11) is 0. The van der Waals surface area contributed by atoms with Gasteiger partial charge >= 0.3 is 0 Å². The first-order valence-corrected chi connectivity index (χ1v) is 8.38. The van der Waals surface area contributed by atoms with E-state index in [0.717, 1.165) is 44.7 Å². The van der Waals surface area contributed by atoms with Gasteiger partial charge in [-0.05, 0) is 30.0 Å². The number of halogens is 2. The second-order valence-electron chi connectivity index (χ2n) is 6.53. The van der Waals surface area contributed by atoms with E-state index in [0.29, 0.717) is 17.0 Å². The SMILES string of the molecule is CC(C)CN1CCN(Cc2ccc(F)cc2Cl)C[C@H]1CCO. The van der Waals surface area contributed by atoms with Crippen LogP contribution in [-0.4, -0.2) is 53.7 Å². The normalized spacial score (nSPS) is 20.7. The molecule has 0 saturated carbocycles. The number of nitrogens with zero attached hydrogens (tertiary/aromatic N) is 2. The lowest BCUT2D eigenvalue weighted by Gasteiger charge is -2.42. The van der Waals surface area contributed by atoms with E-state index >= 15 is 0 Å². The van der Waals surface area contributed by atoms with E-state index in [-0.39, 0.29) is 12.4 Å². The van der Waals surface area contributed by atoms with Crippen molar-refractivity contribution in [2.24, 2.45) is 5.92 Å². The van der Waals surface area contributed by atoms with Crippen molar-refractivity contribution >= 4 is 11.6 Å². The Balaban J connectivity index is 1.99. The van der Waals surface area contributed by atoms with E-state index < -0.39 is 0 Å². The summed E-state index contributed by atoms with van der Waals surface area (Å²) in [6, 6.07) is 4.97. The first kappa shape index (κ1) is 17.7.